The molecule has 0 spiro atoms. The topological polar surface area (TPSA) is 130 Å². The lowest BCUT2D eigenvalue weighted by Crippen LogP contribution is -2.63. The molecule has 1 aromatic heterocycles. The predicted octanol–water partition coefficient (Wildman–Crippen LogP) is 5.16. The zero-order valence-corrected chi connectivity index (χ0v) is 25.3. The summed E-state index contributed by atoms with van der Waals surface area (Å²) in [5, 5.41) is 21.3. The van der Waals surface area contributed by atoms with Gasteiger partial charge in [-0.15, -0.1) is 11.6 Å². The number of pyridine rings is 1. The summed E-state index contributed by atoms with van der Waals surface area (Å²) in [6.07, 6.45) is 7.74. The van der Waals surface area contributed by atoms with Crippen LogP contribution in [0.2, 0.25) is 0 Å². The number of benzene rings is 1. The van der Waals surface area contributed by atoms with Crippen molar-refractivity contribution in [3.63, 3.8) is 0 Å². The third kappa shape index (κ3) is 6.45. The van der Waals surface area contributed by atoms with Gasteiger partial charge < -0.3 is 5.32 Å². The number of nitrogens with zero attached hydrogens (tertiary/aromatic N) is 5. The monoisotopic (exact) mass is 632 g/mol. The van der Waals surface area contributed by atoms with E-state index in [2.05, 4.69) is 16.4 Å². The van der Waals surface area contributed by atoms with Crippen LogP contribution in [0, 0.1) is 28.1 Å². The Hall–Kier alpha value is -4.61. The molecule has 1 aliphatic heterocycles. The summed E-state index contributed by atoms with van der Waals surface area (Å²) in [6, 6.07) is 10.2. The molecule has 2 aliphatic carbocycles. The maximum Gasteiger partial charge on any atom is 0.251 e. The maximum absolute atomic E-state index is 14.8. The number of rotatable bonds is 7. The van der Waals surface area contributed by atoms with Crippen molar-refractivity contribution >= 4 is 40.8 Å². The summed E-state index contributed by atoms with van der Waals surface area (Å²) in [5.41, 5.74) is -0.505. The molecule has 0 bridgehead atoms. The predicted molar refractivity (Wildman–Crippen MR) is 163 cm³/mol. The second kappa shape index (κ2) is 12.8. The quantitative estimate of drug-likeness (QED) is 0.420. The molecule has 9 nitrogen and oxygen atoms in total. The molecule has 2 heterocycles. The van der Waals surface area contributed by atoms with Crippen molar-refractivity contribution in [2.24, 2.45) is 5.41 Å². The van der Waals surface area contributed by atoms with Gasteiger partial charge in [0.2, 0.25) is 17.7 Å². The highest BCUT2D eigenvalue weighted by Gasteiger charge is 2.51. The van der Waals surface area contributed by atoms with Gasteiger partial charge in [0.25, 0.3) is 5.91 Å². The van der Waals surface area contributed by atoms with E-state index in [4.69, 9.17) is 11.6 Å². The molecule has 3 amide bonds. The van der Waals surface area contributed by atoms with Crippen molar-refractivity contribution in [2.75, 3.05) is 9.80 Å². The molecule has 2 unspecified atom stereocenters. The first-order valence-electron chi connectivity index (χ1n) is 14.7. The standard InChI is InChI=1S/C33H31ClF2N6O3/c1-32(13-3-2-7-26(32)34)29(30(44)40-23-10-14-33(35,36)15-11-23)41(24-6-4-5-21(17-24)19-37)31(45)25-8-9-28(43)42(25)27-18-22(20-38)12-16-39-27/h2-7,12-13,16-18,23,25-26,29H,8-11,14-15H2,1H3,(H,40,44)/t25-,26?,29+,32?/m0/s1. The van der Waals surface area contributed by atoms with Crippen molar-refractivity contribution in [1.82, 2.24) is 10.3 Å². The van der Waals surface area contributed by atoms with Crippen molar-refractivity contribution in [2.45, 2.75) is 74.9 Å². The number of aromatic nitrogens is 1. The van der Waals surface area contributed by atoms with E-state index in [0.717, 1.165) is 0 Å². The van der Waals surface area contributed by atoms with Crippen LogP contribution in [0.4, 0.5) is 20.3 Å². The van der Waals surface area contributed by atoms with Crippen LogP contribution in [0.15, 0.2) is 66.9 Å². The summed E-state index contributed by atoms with van der Waals surface area (Å²) in [7, 11) is 0. The van der Waals surface area contributed by atoms with Crippen molar-refractivity contribution in [3.05, 3.63) is 78.0 Å². The number of hydrogen-bond acceptors (Lipinski definition) is 6. The Labute approximate surface area is 264 Å². The summed E-state index contributed by atoms with van der Waals surface area (Å²) in [5.74, 6) is -4.29. The number of nitrogens with one attached hydrogen (secondary N) is 1. The Morgan fingerprint density at radius 1 is 1.11 bits per heavy atom. The van der Waals surface area contributed by atoms with Gasteiger partial charge in [0, 0.05) is 42.6 Å². The van der Waals surface area contributed by atoms with E-state index in [1.165, 1.54) is 34.2 Å². The second-order valence-electron chi connectivity index (χ2n) is 11.8. The van der Waals surface area contributed by atoms with Crippen LogP contribution in [0.1, 0.15) is 56.6 Å². The smallest absolute Gasteiger partial charge is 0.251 e. The van der Waals surface area contributed by atoms with Crippen molar-refractivity contribution in [3.8, 4) is 12.1 Å². The van der Waals surface area contributed by atoms with E-state index in [0.29, 0.717) is 0 Å². The average Bonchev–Trinajstić information content (AvgIpc) is 3.43. The SMILES string of the molecule is CC1([C@@H](C(=O)NC2CCC(F)(F)CC2)N(C(=O)[C@@H]2CCC(=O)N2c2cc(C#N)ccn2)c2cccc(C#N)c2)C=CC=CC1Cl. The zero-order chi connectivity index (χ0) is 32.4. The number of nitriles is 2. The minimum absolute atomic E-state index is 0.0200. The van der Waals surface area contributed by atoms with E-state index >= 15 is 0 Å². The molecular weight excluding hydrogens is 602 g/mol. The fourth-order valence-electron chi connectivity index (χ4n) is 6.22. The fourth-order valence-corrected chi connectivity index (χ4v) is 6.50. The lowest BCUT2D eigenvalue weighted by atomic mass is 9.74. The molecule has 0 radical (unpaired) electrons. The Kier molecular flexibility index (Phi) is 9.03. The van der Waals surface area contributed by atoms with Gasteiger partial charge in [-0.2, -0.15) is 10.5 Å². The van der Waals surface area contributed by atoms with Gasteiger partial charge in [-0.05, 0) is 49.6 Å². The molecule has 12 heteroatoms. The molecule has 1 saturated carbocycles. The Balaban J connectivity index is 1.62. The van der Waals surface area contributed by atoms with Crippen molar-refractivity contribution in [1.29, 1.82) is 10.5 Å². The minimum Gasteiger partial charge on any atom is -0.352 e. The molecule has 1 N–H and O–H groups in total. The first-order valence-corrected chi connectivity index (χ1v) is 15.1. The summed E-state index contributed by atoms with van der Waals surface area (Å²) in [6.45, 7) is 1.73. The van der Waals surface area contributed by atoms with E-state index in [9.17, 15) is 33.7 Å². The second-order valence-corrected chi connectivity index (χ2v) is 12.2. The molecule has 232 valence electrons. The lowest BCUT2D eigenvalue weighted by molar-refractivity contribution is -0.130. The van der Waals surface area contributed by atoms with Crippen LogP contribution < -0.4 is 15.1 Å². The fraction of sp³-hybridized carbons (Fsp3) is 0.394. The number of carbonyl (C=O) groups is 3. The third-order valence-electron chi connectivity index (χ3n) is 8.71. The third-order valence-corrected chi connectivity index (χ3v) is 9.32. The normalized spacial score (nSPS) is 24.8. The number of carbonyl (C=O) groups excluding carboxylic acids is 3. The van der Waals surface area contributed by atoms with E-state index in [1.54, 1.807) is 49.4 Å². The zero-order valence-electron chi connectivity index (χ0n) is 24.5. The first-order chi connectivity index (χ1) is 21.5. The lowest BCUT2D eigenvalue weighted by Gasteiger charge is -2.45. The van der Waals surface area contributed by atoms with Gasteiger partial charge in [-0.1, -0.05) is 37.3 Å². The van der Waals surface area contributed by atoms with Crippen LogP contribution in [0.25, 0.3) is 0 Å². The molecule has 2 fully saturated rings. The maximum atomic E-state index is 14.8. The van der Waals surface area contributed by atoms with Gasteiger partial charge in [0.05, 0.1) is 28.6 Å². The summed E-state index contributed by atoms with van der Waals surface area (Å²) >= 11 is 6.87. The van der Waals surface area contributed by atoms with Gasteiger partial charge in [-0.3, -0.25) is 24.2 Å². The van der Waals surface area contributed by atoms with Crippen LogP contribution in [0.3, 0.4) is 0 Å². The molecular formula is C33H31ClF2N6O3. The number of hydrogen-bond donors (Lipinski definition) is 1. The Morgan fingerprint density at radius 3 is 2.51 bits per heavy atom. The number of allylic oxidation sites excluding steroid dienone is 3. The summed E-state index contributed by atoms with van der Waals surface area (Å²) in [4.78, 5) is 49.2. The van der Waals surface area contributed by atoms with Gasteiger partial charge in [-0.25, -0.2) is 13.8 Å². The van der Waals surface area contributed by atoms with E-state index in [-0.39, 0.29) is 67.1 Å². The summed E-state index contributed by atoms with van der Waals surface area (Å²) < 4.78 is 27.9. The minimum atomic E-state index is -2.81. The van der Waals surface area contributed by atoms with Crippen LogP contribution in [0.5, 0.6) is 0 Å². The average molecular weight is 633 g/mol. The molecule has 45 heavy (non-hydrogen) atoms. The highest BCUT2D eigenvalue weighted by Crippen LogP contribution is 2.42. The molecule has 1 aromatic carbocycles. The van der Waals surface area contributed by atoms with Gasteiger partial charge >= 0.3 is 0 Å². The molecule has 2 aromatic rings. The van der Waals surface area contributed by atoms with Gasteiger partial charge in [0.15, 0.2) is 0 Å². The number of halogens is 3. The Bertz CT molecular complexity index is 1640. The molecule has 4 atom stereocenters. The molecule has 3 aliphatic rings. The molecule has 5 rings (SSSR count). The largest absolute Gasteiger partial charge is 0.352 e. The highest BCUT2D eigenvalue weighted by atomic mass is 35.5. The number of anilines is 2. The molecule has 1 saturated heterocycles. The highest BCUT2D eigenvalue weighted by molar-refractivity contribution is 6.23. The number of alkyl halides is 3. The van der Waals surface area contributed by atoms with E-state index < -0.39 is 46.7 Å². The van der Waals surface area contributed by atoms with Crippen molar-refractivity contribution < 1.29 is 23.2 Å². The van der Waals surface area contributed by atoms with E-state index in [1.807, 2.05) is 6.07 Å². The van der Waals surface area contributed by atoms with Gasteiger partial charge in [0.1, 0.15) is 17.9 Å². The number of amides is 3. The van der Waals surface area contributed by atoms with Crippen LogP contribution in [-0.4, -0.2) is 52.1 Å². The Morgan fingerprint density at radius 2 is 1.82 bits per heavy atom. The van der Waals surface area contributed by atoms with Crippen LogP contribution >= 0.6 is 11.6 Å². The van der Waals surface area contributed by atoms with Crippen LogP contribution in [-0.2, 0) is 14.4 Å². The first kappa shape index (κ1) is 31.8.